The molecule has 2 N–H and O–H groups in total. The lowest BCUT2D eigenvalue weighted by Gasteiger charge is -2.05. The highest BCUT2D eigenvalue weighted by Gasteiger charge is 2.06. The molecule has 0 saturated heterocycles. The Bertz CT molecular complexity index is 597. The van der Waals surface area contributed by atoms with Gasteiger partial charge in [0.1, 0.15) is 5.69 Å². The van der Waals surface area contributed by atoms with Gasteiger partial charge < -0.3 is 10.4 Å². The van der Waals surface area contributed by atoms with E-state index < -0.39 is 5.97 Å². The first-order chi connectivity index (χ1) is 9.65. The molecule has 0 aliphatic heterocycles. The molecule has 1 amide bonds. The first kappa shape index (κ1) is 13.7. The van der Waals surface area contributed by atoms with Crippen molar-refractivity contribution in [1.29, 1.82) is 0 Å². The van der Waals surface area contributed by atoms with Crippen LogP contribution in [0.15, 0.2) is 42.7 Å². The average molecular weight is 271 g/mol. The smallest absolute Gasteiger partial charge is 0.354 e. The number of aromatic nitrogens is 2. The Kier molecular flexibility index (Phi) is 4.39. The average Bonchev–Trinajstić information content (AvgIpc) is 2.46. The topological polar surface area (TPSA) is 92.2 Å². The number of carboxylic acid groups (broad SMARTS) is 1. The summed E-state index contributed by atoms with van der Waals surface area (Å²) in [6.45, 7) is 0.304. The molecule has 6 nitrogen and oxygen atoms in total. The monoisotopic (exact) mass is 271 g/mol. The van der Waals surface area contributed by atoms with Crippen LogP contribution >= 0.6 is 0 Å². The van der Waals surface area contributed by atoms with Gasteiger partial charge in [-0.15, -0.1) is 0 Å². The summed E-state index contributed by atoms with van der Waals surface area (Å²) in [5.74, 6) is -1.22. The van der Waals surface area contributed by atoms with Crippen LogP contribution in [0.4, 0.5) is 0 Å². The van der Waals surface area contributed by atoms with Crippen molar-refractivity contribution in [3.05, 3.63) is 59.7 Å². The molecule has 2 aromatic rings. The third-order valence-corrected chi connectivity index (χ3v) is 2.60. The number of pyridine rings is 2. The van der Waals surface area contributed by atoms with Gasteiger partial charge >= 0.3 is 5.97 Å². The quantitative estimate of drug-likeness (QED) is 0.847. The van der Waals surface area contributed by atoms with Crippen LogP contribution in [0.5, 0.6) is 0 Å². The summed E-state index contributed by atoms with van der Waals surface area (Å²) in [5, 5.41) is 11.4. The third-order valence-electron chi connectivity index (χ3n) is 2.60. The van der Waals surface area contributed by atoms with Crippen molar-refractivity contribution in [3.63, 3.8) is 0 Å². The summed E-state index contributed by atoms with van der Waals surface area (Å²) in [4.78, 5) is 30.2. The summed E-state index contributed by atoms with van der Waals surface area (Å²) in [6.07, 6.45) is 3.28. The highest BCUT2D eigenvalue weighted by Crippen LogP contribution is 2.01. The van der Waals surface area contributed by atoms with Crippen molar-refractivity contribution in [2.45, 2.75) is 13.0 Å². The fourth-order valence-electron chi connectivity index (χ4n) is 1.59. The van der Waals surface area contributed by atoms with Crippen LogP contribution in [-0.4, -0.2) is 27.0 Å². The Hall–Kier alpha value is -2.76. The summed E-state index contributed by atoms with van der Waals surface area (Å²) >= 11 is 0. The second kappa shape index (κ2) is 6.42. The van der Waals surface area contributed by atoms with Gasteiger partial charge in [-0.2, -0.15) is 0 Å². The largest absolute Gasteiger partial charge is 0.477 e. The van der Waals surface area contributed by atoms with E-state index >= 15 is 0 Å². The third kappa shape index (κ3) is 3.88. The summed E-state index contributed by atoms with van der Waals surface area (Å²) < 4.78 is 0. The van der Waals surface area contributed by atoms with Crippen molar-refractivity contribution in [1.82, 2.24) is 15.3 Å². The number of carbonyl (C=O) groups excluding carboxylic acids is 1. The van der Waals surface area contributed by atoms with Crippen LogP contribution in [0.2, 0.25) is 0 Å². The Balaban J connectivity index is 1.85. The van der Waals surface area contributed by atoms with Gasteiger partial charge in [-0.1, -0.05) is 12.1 Å². The Morgan fingerprint density at radius 3 is 2.60 bits per heavy atom. The molecule has 0 saturated carbocycles. The van der Waals surface area contributed by atoms with Crippen molar-refractivity contribution >= 4 is 11.9 Å². The molecule has 0 unspecified atom stereocenters. The zero-order valence-corrected chi connectivity index (χ0v) is 10.6. The van der Waals surface area contributed by atoms with Crippen LogP contribution in [0, 0.1) is 0 Å². The molecule has 20 heavy (non-hydrogen) atoms. The zero-order valence-electron chi connectivity index (χ0n) is 10.6. The zero-order chi connectivity index (χ0) is 14.4. The van der Waals surface area contributed by atoms with Crippen molar-refractivity contribution in [3.8, 4) is 0 Å². The molecule has 0 aliphatic rings. The Labute approximate surface area is 115 Å². The number of nitrogens with one attached hydrogen (secondary N) is 1. The SMILES string of the molecule is O=C(Cc1ccccn1)NCc1ccc(C(=O)O)nc1. The van der Waals surface area contributed by atoms with Gasteiger partial charge in [-0.3, -0.25) is 9.78 Å². The van der Waals surface area contributed by atoms with E-state index in [4.69, 9.17) is 5.11 Å². The van der Waals surface area contributed by atoms with Gasteiger partial charge in [-0.05, 0) is 23.8 Å². The van der Waals surface area contributed by atoms with Gasteiger partial charge in [0.25, 0.3) is 0 Å². The predicted molar refractivity (Wildman–Crippen MR) is 71.0 cm³/mol. The molecule has 2 aromatic heterocycles. The molecule has 0 fully saturated rings. The molecule has 0 spiro atoms. The molecule has 2 rings (SSSR count). The first-order valence-electron chi connectivity index (χ1n) is 6.00. The number of aromatic carboxylic acids is 1. The summed E-state index contributed by atoms with van der Waals surface area (Å²) in [6, 6.07) is 8.42. The van der Waals surface area contributed by atoms with E-state index in [-0.39, 0.29) is 18.0 Å². The van der Waals surface area contributed by atoms with Crippen LogP contribution in [0.1, 0.15) is 21.7 Å². The van der Waals surface area contributed by atoms with E-state index in [9.17, 15) is 9.59 Å². The molecule has 0 aromatic carbocycles. The highest BCUT2D eigenvalue weighted by atomic mass is 16.4. The minimum atomic E-state index is -1.07. The minimum Gasteiger partial charge on any atom is -0.477 e. The lowest BCUT2D eigenvalue weighted by molar-refractivity contribution is -0.120. The molecule has 102 valence electrons. The van der Waals surface area contributed by atoms with E-state index in [0.29, 0.717) is 12.2 Å². The molecule has 0 aliphatic carbocycles. The molecule has 0 radical (unpaired) electrons. The normalized spacial score (nSPS) is 10.0. The van der Waals surface area contributed by atoms with Crippen molar-refractivity contribution in [2.75, 3.05) is 0 Å². The van der Waals surface area contributed by atoms with E-state index in [2.05, 4.69) is 15.3 Å². The van der Waals surface area contributed by atoms with Crippen LogP contribution in [0.25, 0.3) is 0 Å². The van der Waals surface area contributed by atoms with E-state index in [0.717, 1.165) is 5.56 Å². The van der Waals surface area contributed by atoms with Gasteiger partial charge in [0.2, 0.25) is 5.91 Å². The van der Waals surface area contributed by atoms with Crippen molar-refractivity contribution in [2.24, 2.45) is 0 Å². The van der Waals surface area contributed by atoms with Crippen LogP contribution < -0.4 is 5.32 Å². The Morgan fingerprint density at radius 2 is 2.00 bits per heavy atom. The molecule has 0 atom stereocenters. The second-order valence-corrected chi connectivity index (χ2v) is 4.13. The summed E-state index contributed by atoms with van der Waals surface area (Å²) in [5.41, 5.74) is 1.42. The second-order valence-electron chi connectivity index (χ2n) is 4.13. The number of hydrogen-bond acceptors (Lipinski definition) is 4. The van der Waals surface area contributed by atoms with Crippen molar-refractivity contribution < 1.29 is 14.7 Å². The van der Waals surface area contributed by atoms with Gasteiger partial charge in [0.15, 0.2) is 0 Å². The number of rotatable bonds is 5. The molecule has 0 bridgehead atoms. The van der Waals surface area contributed by atoms with Gasteiger partial charge in [0.05, 0.1) is 6.42 Å². The number of carboxylic acids is 1. The lowest BCUT2D eigenvalue weighted by atomic mass is 10.2. The number of nitrogens with zero attached hydrogens (tertiary/aromatic N) is 2. The first-order valence-corrected chi connectivity index (χ1v) is 6.00. The molecule has 2 heterocycles. The lowest BCUT2D eigenvalue weighted by Crippen LogP contribution is -2.25. The van der Waals surface area contributed by atoms with E-state index in [1.807, 2.05) is 6.07 Å². The standard InChI is InChI=1S/C14H13N3O3/c18-13(7-11-3-1-2-6-15-11)17-9-10-4-5-12(14(19)20)16-8-10/h1-6,8H,7,9H2,(H,17,18)(H,19,20). The van der Waals surface area contributed by atoms with Gasteiger partial charge in [0, 0.05) is 24.6 Å². The molecule has 6 heteroatoms. The summed E-state index contributed by atoms with van der Waals surface area (Å²) in [7, 11) is 0. The maximum atomic E-state index is 11.7. The van der Waals surface area contributed by atoms with E-state index in [1.54, 1.807) is 24.4 Å². The van der Waals surface area contributed by atoms with Gasteiger partial charge in [-0.25, -0.2) is 9.78 Å². The predicted octanol–water partition coefficient (Wildman–Crippen LogP) is 1.03. The number of amides is 1. The highest BCUT2D eigenvalue weighted by molar-refractivity contribution is 5.85. The Morgan fingerprint density at radius 1 is 1.15 bits per heavy atom. The van der Waals surface area contributed by atoms with Crippen LogP contribution in [-0.2, 0) is 17.8 Å². The molecular formula is C14H13N3O3. The molecular weight excluding hydrogens is 258 g/mol. The fraction of sp³-hybridized carbons (Fsp3) is 0.143. The minimum absolute atomic E-state index is 0.0198. The fourth-order valence-corrected chi connectivity index (χ4v) is 1.59. The van der Waals surface area contributed by atoms with E-state index in [1.165, 1.54) is 12.3 Å². The van der Waals surface area contributed by atoms with Crippen LogP contribution in [0.3, 0.4) is 0 Å². The maximum absolute atomic E-state index is 11.7. The maximum Gasteiger partial charge on any atom is 0.354 e. The number of hydrogen-bond donors (Lipinski definition) is 2. The number of carbonyl (C=O) groups is 2.